The largest absolute Gasteiger partial charge is 0.484 e. The van der Waals surface area contributed by atoms with Gasteiger partial charge in [-0.05, 0) is 44.0 Å². The van der Waals surface area contributed by atoms with Gasteiger partial charge in [-0.25, -0.2) is 4.79 Å². The second-order valence-electron chi connectivity index (χ2n) is 5.26. The number of para-hydroxylation sites is 1. The molecule has 2 heterocycles. The molecule has 3 rings (SSSR count). The lowest BCUT2D eigenvalue weighted by molar-refractivity contribution is 0.0405. The van der Waals surface area contributed by atoms with Gasteiger partial charge in [-0.1, -0.05) is 17.7 Å². The van der Waals surface area contributed by atoms with E-state index in [9.17, 15) is 4.79 Å². The third-order valence-corrected chi connectivity index (χ3v) is 3.94. The van der Waals surface area contributed by atoms with Crippen molar-refractivity contribution in [1.82, 2.24) is 5.32 Å². The van der Waals surface area contributed by atoms with Gasteiger partial charge in [-0.15, -0.1) is 0 Å². The van der Waals surface area contributed by atoms with Crippen LogP contribution in [0.2, 0.25) is 0 Å². The van der Waals surface area contributed by atoms with Crippen LogP contribution in [-0.2, 0) is 4.74 Å². The van der Waals surface area contributed by atoms with Crippen LogP contribution in [0.1, 0.15) is 23.2 Å². The van der Waals surface area contributed by atoms with Gasteiger partial charge in [0.2, 0.25) is 5.56 Å². The lowest BCUT2D eigenvalue weighted by Crippen LogP contribution is -2.30. The number of halogens is 1. The summed E-state index contributed by atoms with van der Waals surface area (Å²) in [5.41, 5.74) is -0.136. The topological polar surface area (TPSA) is 56.8 Å². The van der Waals surface area contributed by atoms with Crippen LogP contribution in [0, 0.1) is 5.92 Å². The minimum atomic E-state index is -0.529. The number of benzene rings is 1. The fourth-order valence-electron chi connectivity index (χ4n) is 2.56. The minimum Gasteiger partial charge on any atom is -0.484 e. The van der Waals surface area contributed by atoms with Gasteiger partial charge in [0.15, 0.2) is 11.5 Å². The zero-order chi connectivity index (χ0) is 14.7. The minimum absolute atomic E-state index is 0.215. The van der Waals surface area contributed by atoms with Crippen LogP contribution in [0.3, 0.4) is 0 Å². The Labute approximate surface area is 128 Å². The van der Waals surface area contributed by atoms with Crippen LogP contribution >= 0.6 is 11.6 Å². The van der Waals surface area contributed by atoms with Gasteiger partial charge < -0.3 is 19.5 Å². The summed E-state index contributed by atoms with van der Waals surface area (Å²) in [5, 5.41) is 3.29. The zero-order valence-electron chi connectivity index (χ0n) is 11.6. The van der Waals surface area contributed by atoms with E-state index in [-0.39, 0.29) is 12.6 Å². The van der Waals surface area contributed by atoms with Gasteiger partial charge in [-0.2, -0.15) is 0 Å². The van der Waals surface area contributed by atoms with E-state index in [1.165, 1.54) is 0 Å². The van der Waals surface area contributed by atoms with Crippen molar-refractivity contribution in [3.05, 3.63) is 23.8 Å². The fourth-order valence-corrected chi connectivity index (χ4v) is 2.72. The molecule has 0 aromatic heterocycles. The summed E-state index contributed by atoms with van der Waals surface area (Å²) in [6.07, 6.45) is 2.07. The molecule has 2 aliphatic heterocycles. The molecule has 1 saturated heterocycles. The van der Waals surface area contributed by atoms with E-state index in [0.29, 0.717) is 29.6 Å². The van der Waals surface area contributed by atoms with E-state index in [2.05, 4.69) is 5.32 Å². The van der Waals surface area contributed by atoms with Gasteiger partial charge in [-0.3, -0.25) is 0 Å². The monoisotopic (exact) mass is 311 g/mol. The van der Waals surface area contributed by atoms with E-state index in [1.54, 1.807) is 18.2 Å². The van der Waals surface area contributed by atoms with Crippen molar-refractivity contribution < 1.29 is 19.0 Å². The van der Waals surface area contributed by atoms with E-state index in [0.717, 1.165) is 25.9 Å². The van der Waals surface area contributed by atoms with Crippen LogP contribution in [0.25, 0.3) is 0 Å². The van der Waals surface area contributed by atoms with Gasteiger partial charge in [0.25, 0.3) is 0 Å². The van der Waals surface area contributed by atoms with Gasteiger partial charge in [0.05, 0.1) is 6.61 Å². The molecule has 114 valence electrons. The highest BCUT2D eigenvalue weighted by atomic mass is 35.5. The second-order valence-corrected chi connectivity index (χ2v) is 5.75. The van der Waals surface area contributed by atoms with Crippen LogP contribution in [-0.4, -0.2) is 37.8 Å². The summed E-state index contributed by atoms with van der Waals surface area (Å²) in [5.74, 6) is 0.961. The summed E-state index contributed by atoms with van der Waals surface area (Å²) in [7, 11) is 0. The molecule has 0 radical (unpaired) electrons. The average molecular weight is 312 g/mol. The maximum Gasteiger partial charge on any atom is 0.342 e. The van der Waals surface area contributed by atoms with Crippen LogP contribution in [0.4, 0.5) is 0 Å². The van der Waals surface area contributed by atoms with Crippen molar-refractivity contribution in [3.63, 3.8) is 0 Å². The van der Waals surface area contributed by atoms with Crippen molar-refractivity contribution in [1.29, 1.82) is 0 Å². The van der Waals surface area contributed by atoms with Gasteiger partial charge in [0, 0.05) is 0 Å². The summed E-state index contributed by atoms with van der Waals surface area (Å²) in [4.78, 5) is 12.2. The molecule has 21 heavy (non-hydrogen) atoms. The van der Waals surface area contributed by atoms with Crippen molar-refractivity contribution in [2.75, 3.05) is 26.3 Å². The lowest BCUT2D eigenvalue weighted by Gasteiger charge is -2.25. The Morgan fingerprint density at radius 1 is 1.38 bits per heavy atom. The number of fused-ring (bicyclic) bond motifs is 1. The molecule has 1 fully saturated rings. The maximum absolute atomic E-state index is 12.2. The molecule has 6 heteroatoms. The highest BCUT2D eigenvalue weighted by Crippen LogP contribution is 2.36. The van der Waals surface area contributed by atoms with Crippen molar-refractivity contribution in [2.24, 2.45) is 5.92 Å². The molecular formula is C15H18ClNO4. The molecule has 0 aliphatic carbocycles. The lowest BCUT2D eigenvalue weighted by atomic mass is 9.99. The SMILES string of the molecule is O=C(OCC1CCNCC1)c1cccc2c1OCC(Cl)O2. The molecule has 1 aromatic rings. The number of carbonyl (C=O) groups is 1. The molecule has 0 spiro atoms. The first-order valence-electron chi connectivity index (χ1n) is 7.18. The van der Waals surface area contributed by atoms with Crippen LogP contribution in [0.5, 0.6) is 11.5 Å². The molecule has 1 N–H and O–H groups in total. The number of carbonyl (C=O) groups excluding carboxylic acids is 1. The summed E-state index contributed by atoms with van der Waals surface area (Å²) in [6, 6.07) is 5.15. The van der Waals surface area contributed by atoms with E-state index >= 15 is 0 Å². The Bertz CT molecular complexity index is 516. The first-order valence-corrected chi connectivity index (χ1v) is 7.62. The molecule has 1 aromatic carbocycles. The van der Waals surface area contributed by atoms with Crippen molar-refractivity contribution in [3.8, 4) is 11.5 Å². The fraction of sp³-hybridized carbons (Fsp3) is 0.533. The predicted octanol–water partition coefficient (Wildman–Crippen LogP) is 2.18. The number of ether oxygens (including phenoxy) is 3. The van der Waals surface area contributed by atoms with Crippen molar-refractivity contribution >= 4 is 17.6 Å². The number of esters is 1. The molecule has 2 aliphatic rings. The Morgan fingerprint density at radius 3 is 3.00 bits per heavy atom. The third-order valence-electron chi connectivity index (χ3n) is 3.72. The number of piperidine rings is 1. The molecular weight excluding hydrogens is 294 g/mol. The maximum atomic E-state index is 12.2. The molecule has 1 unspecified atom stereocenters. The predicted molar refractivity (Wildman–Crippen MR) is 78.1 cm³/mol. The van der Waals surface area contributed by atoms with Gasteiger partial charge >= 0.3 is 5.97 Å². The highest BCUT2D eigenvalue weighted by Gasteiger charge is 2.25. The van der Waals surface area contributed by atoms with Crippen LogP contribution in [0.15, 0.2) is 18.2 Å². The molecule has 0 saturated carbocycles. The Kier molecular flexibility index (Phi) is 4.51. The summed E-state index contributed by atoms with van der Waals surface area (Å²) < 4.78 is 16.4. The number of nitrogens with one attached hydrogen (secondary N) is 1. The second kappa shape index (κ2) is 6.54. The van der Waals surface area contributed by atoms with E-state index in [1.807, 2.05) is 0 Å². The number of alkyl halides is 1. The molecule has 0 amide bonds. The first kappa shape index (κ1) is 14.5. The Hall–Kier alpha value is -1.46. The number of hydrogen-bond donors (Lipinski definition) is 1. The quantitative estimate of drug-likeness (QED) is 0.685. The molecule has 1 atom stereocenters. The molecule has 5 nitrogen and oxygen atoms in total. The smallest absolute Gasteiger partial charge is 0.342 e. The Balaban J connectivity index is 1.66. The van der Waals surface area contributed by atoms with Crippen LogP contribution < -0.4 is 14.8 Å². The summed E-state index contributed by atoms with van der Waals surface area (Å²) >= 11 is 5.87. The number of hydrogen-bond acceptors (Lipinski definition) is 5. The third kappa shape index (κ3) is 3.41. The number of rotatable bonds is 3. The van der Waals surface area contributed by atoms with E-state index in [4.69, 9.17) is 25.8 Å². The van der Waals surface area contributed by atoms with Crippen molar-refractivity contribution in [2.45, 2.75) is 18.4 Å². The average Bonchev–Trinajstić information content (AvgIpc) is 2.52. The standard InChI is InChI=1S/C15H18ClNO4/c16-13-9-19-14-11(2-1-3-12(14)21-13)15(18)20-8-10-4-6-17-7-5-10/h1-3,10,13,17H,4-9H2. The highest BCUT2D eigenvalue weighted by molar-refractivity contribution is 6.20. The first-order chi connectivity index (χ1) is 10.2. The Morgan fingerprint density at radius 2 is 2.19 bits per heavy atom. The normalized spacial score (nSPS) is 21.9. The molecule has 0 bridgehead atoms. The summed E-state index contributed by atoms with van der Waals surface area (Å²) in [6.45, 7) is 2.63. The van der Waals surface area contributed by atoms with E-state index < -0.39 is 5.56 Å². The zero-order valence-corrected chi connectivity index (χ0v) is 12.4. The van der Waals surface area contributed by atoms with Gasteiger partial charge in [0.1, 0.15) is 12.2 Å².